The molecule has 0 bridgehead atoms. The van der Waals surface area contributed by atoms with Crippen molar-refractivity contribution < 1.29 is 4.39 Å². The molecule has 0 heterocycles. The Hall–Kier alpha value is -1.56. The third-order valence-electron chi connectivity index (χ3n) is 2.80. The van der Waals surface area contributed by atoms with E-state index < -0.39 is 5.54 Å². The lowest BCUT2D eigenvalue weighted by Crippen LogP contribution is -2.36. The van der Waals surface area contributed by atoms with Crippen LogP contribution in [0.1, 0.15) is 39.5 Å². The van der Waals surface area contributed by atoms with Crippen LogP contribution in [-0.2, 0) is 0 Å². The number of benzene rings is 1. The van der Waals surface area contributed by atoms with Crippen molar-refractivity contribution in [3.05, 3.63) is 30.1 Å². The Morgan fingerprint density at radius 2 is 1.71 bits per heavy atom. The first-order chi connectivity index (χ1) is 8.15. The minimum absolute atomic E-state index is 0.260. The quantitative estimate of drug-likeness (QED) is 0.804. The third kappa shape index (κ3) is 3.74. The molecule has 2 nitrogen and oxygen atoms in total. The van der Waals surface area contributed by atoms with Crippen LogP contribution in [0.25, 0.3) is 0 Å². The topological polar surface area (TPSA) is 35.8 Å². The number of hydrogen-bond acceptors (Lipinski definition) is 2. The Balaban J connectivity index is 2.85. The number of anilines is 1. The summed E-state index contributed by atoms with van der Waals surface area (Å²) in [4.78, 5) is 0. The Kier molecular flexibility index (Phi) is 4.96. The second-order valence-corrected chi connectivity index (χ2v) is 4.33. The molecule has 0 saturated heterocycles. The smallest absolute Gasteiger partial charge is 0.125 e. The lowest BCUT2D eigenvalue weighted by Gasteiger charge is -2.28. The second-order valence-electron chi connectivity index (χ2n) is 4.33. The average Bonchev–Trinajstić information content (AvgIpc) is 2.33. The van der Waals surface area contributed by atoms with Crippen molar-refractivity contribution in [1.82, 2.24) is 0 Å². The predicted molar refractivity (Wildman–Crippen MR) is 68.2 cm³/mol. The van der Waals surface area contributed by atoms with Gasteiger partial charge in [0.15, 0.2) is 0 Å². The molecule has 0 spiro atoms. The Labute approximate surface area is 102 Å². The maximum atomic E-state index is 12.8. The summed E-state index contributed by atoms with van der Waals surface area (Å²) in [5, 5.41) is 12.6. The van der Waals surface area contributed by atoms with Crippen molar-refractivity contribution in [2.24, 2.45) is 0 Å². The van der Waals surface area contributed by atoms with Gasteiger partial charge in [-0.1, -0.05) is 26.7 Å². The fourth-order valence-corrected chi connectivity index (χ4v) is 2.05. The minimum Gasteiger partial charge on any atom is -0.367 e. The summed E-state index contributed by atoms with van der Waals surface area (Å²) in [5.74, 6) is -0.260. The van der Waals surface area contributed by atoms with Crippen molar-refractivity contribution in [3.8, 4) is 6.07 Å². The third-order valence-corrected chi connectivity index (χ3v) is 2.80. The molecule has 1 aromatic rings. The van der Waals surface area contributed by atoms with Gasteiger partial charge < -0.3 is 5.32 Å². The van der Waals surface area contributed by atoms with Crippen LogP contribution in [-0.4, -0.2) is 5.54 Å². The molecule has 0 fully saturated rings. The summed E-state index contributed by atoms with van der Waals surface area (Å²) >= 11 is 0. The lowest BCUT2D eigenvalue weighted by molar-refractivity contribution is 0.486. The second kappa shape index (κ2) is 6.24. The van der Waals surface area contributed by atoms with E-state index in [1.807, 2.05) is 0 Å². The van der Waals surface area contributed by atoms with E-state index in [0.717, 1.165) is 31.4 Å². The van der Waals surface area contributed by atoms with Gasteiger partial charge in [0.25, 0.3) is 0 Å². The van der Waals surface area contributed by atoms with E-state index >= 15 is 0 Å². The predicted octanol–water partition coefficient (Wildman–Crippen LogP) is 4.10. The molecule has 0 aliphatic carbocycles. The highest BCUT2D eigenvalue weighted by atomic mass is 19.1. The van der Waals surface area contributed by atoms with Crippen molar-refractivity contribution in [3.63, 3.8) is 0 Å². The summed E-state index contributed by atoms with van der Waals surface area (Å²) < 4.78 is 12.8. The molecule has 0 radical (unpaired) electrons. The molecular formula is C14H19FN2. The molecule has 92 valence electrons. The number of rotatable bonds is 6. The highest BCUT2D eigenvalue weighted by Crippen LogP contribution is 2.24. The van der Waals surface area contributed by atoms with Gasteiger partial charge in [0.1, 0.15) is 11.4 Å². The maximum absolute atomic E-state index is 12.8. The van der Waals surface area contributed by atoms with Crippen LogP contribution in [0.5, 0.6) is 0 Å². The van der Waals surface area contributed by atoms with Crippen LogP contribution in [0, 0.1) is 17.1 Å². The number of hydrogen-bond donors (Lipinski definition) is 1. The van der Waals surface area contributed by atoms with E-state index in [-0.39, 0.29) is 5.82 Å². The van der Waals surface area contributed by atoms with Crippen LogP contribution in [0.15, 0.2) is 24.3 Å². The molecule has 0 unspecified atom stereocenters. The van der Waals surface area contributed by atoms with Crippen LogP contribution in [0.3, 0.4) is 0 Å². The lowest BCUT2D eigenvalue weighted by atomic mass is 9.90. The van der Waals surface area contributed by atoms with E-state index in [2.05, 4.69) is 25.2 Å². The van der Waals surface area contributed by atoms with Gasteiger partial charge in [-0.25, -0.2) is 4.39 Å². The summed E-state index contributed by atoms with van der Waals surface area (Å²) in [6.45, 7) is 4.13. The molecule has 0 aliphatic heterocycles. The zero-order chi connectivity index (χ0) is 12.7. The Morgan fingerprint density at radius 1 is 1.18 bits per heavy atom. The first kappa shape index (κ1) is 13.5. The molecule has 1 aromatic carbocycles. The SMILES string of the molecule is CCCC(C#N)(CCC)Nc1ccc(F)cc1. The molecule has 3 heteroatoms. The number of nitrogens with zero attached hydrogens (tertiary/aromatic N) is 1. The molecule has 1 rings (SSSR count). The van der Waals surface area contributed by atoms with E-state index in [0.29, 0.717) is 0 Å². The van der Waals surface area contributed by atoms with Gasteiger partial charge in [-0.2, -0.15) is 5.26 Å². The first-order valence-electron chi connectivity index (χ1n) is 6.11. The van der Waals surface area contributed by atoms with Gasteiger partial charge in [0.05, 0.1) is 6.07 Å². The van der Waals surface area contributed by atoms with Crippen molar-refractivity contribution >= 4 is 5.69 Å². The zero-order valence-electron chi connectivity index (χ0n) is 10.5. The standard InChI is InChI=1S/C14H19FN2/c1-3-9-14(11-16,10-4-2)17-13-7-5-12(15)6-8-13/h5-8,17H,3-4,9-10H2,1-2H3. The summed E-state index contributed by atoms with van der Waals surface area (Å²) in [7, 11) is 0. The number of halogens is 1. The molecule has 0 aliphatic rings. The molecule has 0 saturated carbocycles. The van der Waals surface area contributed by atoms with Crippen molar-refractivity contribution in [2.45, 2.75) is 45.1 Å². The summed E-state index contributed by atoms with van der Waals surface area (Å²) in [5.41, 5.74) is 0.274. The van der Waals surface area contributed by atoms with Crippen molar-refractivity contribution in [1.29, 1.82) is 5.26 Å². The molecule has 17 heavy (non-hydrogen) atoms. The van der Waals surface area contributed by atoms with E-state index in [4.69, 9.17) is 0 Å². The van der Waals surface area contributed by atoms with Gasteiger partial charge in [-0.3, -0.25) is 0 Å². The van der Waals surface area contributed by atoms with Crippen LogP contribution >= 0.6 is 0 Å². The first-order valence-corrected chi connectivity index (χ1v) is 6.11. The van der Waals surface area contributed by atoms with E-state index in [1.165, 1.54) is 12.1 Å². The largest absolute Gasteiger partial charge is 0.367 e. The fourth-order valence-electron chi connectivity index (χ4n) is 2.05. The summed E-state index contributed by atoms with van der Waals surface area (Å²) in [6, 6.07) is 8.53. The van der Waals surface area contributed by atoms with Gasteiger partial charge in [0.2, 0.25) is 0 Å². The zero-order valence-corrected chi connectivity index (χ0v) is 10.5. The minimum atomic E-state index is -0.526. The van der Waals surface area contributed by atoms with Gasteiger partial charge >= 0.3 is 0 Å². The van der Waals surface area contributed by atoms with Crippen LogP contribution < -0.4 is 5.32 Å². The van der Waals surface area contributed by atoms with Gasteiger partial charge in [-0.05, 0) is 37.1 Å². The highest BCUT2D eigenvalue weighted by molar-refractivity contribution is 5.47. The van der Waals surface area contributed by atoms with Crippen LogP contribution in [0.4, 0.5) is 10.1 Å². The van der Waals surface area contributed by atoms with Crippen molar-refractivity contribution in [2.75, 3.05) is 5.32 Å². The molecular weight excluding hydrogens is 215 g/mol. The monoisotopic (exact) mass is 234 g/mol. The molecule has 0 atom stereocenters. The van der Waals surface area contributed by atoms with E-state index in [1.54, 1.807) is 12.1 Å². The fraction of sp³-hybridized carbons (Fsp3) is 0.500. The molecule has 0 aromatic heterocycles. The number of nitrogens with one attached hydrogen (secondary N) is 1. The van der Waals surface area contributed by atoms with Crippen LogP contribution in [0.2, 0.25) is 0 Å². The Bertz CT molecular complexity index is 372. The summed E-state index contributed by atoms with van der Waals surface area (Å²) in [6.07, 6.45) is 3.49. The molecule has 1 N–H and O–H groups in total. The molecule has 0 amide bonds. The normalized spacial score (nSPS) is 10.9. The number of nitriles is 1. The van der Waals surface area contributed by atoms with E-state index in [9.17, 15) is 9.65 Å². The van der Waals surface area contributed by atoms with Gasteiger partial charge in [0, 0.05) is 5.69 Å². The average molecular weight is 234 g/mol. The van der Waals surface area contributed by atoms with Gasteiger partial charge in [-0.15, -0.1) is 0 Å². The highest BCUT2D eigenvalue weighted by Gasteiger charge is 2.27. The maximum Gasteiger partial charge on any atom is 0.125 e. The Morgan fingerprint density at radius 3 is 2.12 bits per heavy atom.